The number of hydrogen-bond donors (Lipinski definition) is 1. The van der Waals surface area contributed by atoms with Crippen LogP contribution in [0.2, 0.25) is 5.02 Å². The molecule has 1 aromatic carbocycles. The van der Waals surface area contributed by atoms with E-state index in [1.807, 2.05) is 5.38 Å². The Hall–Kier alpha value is -1.63. The van der Waals surface area contributed by atoms with Crippen LogP contribution in [0.4, 0.5) is 0 Å². The second-order valence-electron chi connectivity index (χ2n) is 4.90. The van der Waals surface area contributed by atoms with Crippen molar-refractivity contribution in [2.45, 2.75) is 26.1 Å². The van der Waals surface area contributed by atoms with Gasteiger partial charge in [0.15, 0.2) is 0 Å². The van der Waals surface area contributed by atoms with Gasteiger partial charge < -0.3 is 9.84 Å². The highest BCUT2D eigenvalue weighted by molar-refractivity contribution is 7.09. The van der Waals surface area contributed by atoms with E-state index in [1.165, 1.54) is 11.3 Å². The lowest BCUT2D eigenvalue weighted by atomic mass is 10.3. The standard InChI is InChI=1S/C15H17ClN2O3S/c1-10(15(19)20)18(2)7-12-9-22-14(17-12)8-21-13-5-3-11(16)4-6-13/h3-6,9-10H,7-8H2,1-2H3,(H,19,20). The number of carboxylic acids is 1. The number of carboxylic acid groups (broad SMARTS) is 1. The van der Waals surface area contributed by atoms with E-state index >= 15 is 0 Å². The maximum atomic E-state index is 10.9. The third kappa shape index (κ3) is 4.69. The molecule has 0 fully saturated rings. The van der Waals surface area contributed by atoms with Gasteiger partial charge in [0.25, 0.3) is 0 Å². The van der Waals surface area contributed by atoms with Crippen LogP contribution >= 0.6 is 22.9 Å². The summed E-state index contributed by atoms with van der Waals surface area (Å²) < 4.78 is 5.63. The van der Waals surface area contributed by atoms with E-state index in [2.05, 4.69) is 4.98 Å². The zero-order valence-corrected chi connectivity index (χ0v) is 13.9. The number of aromatic nitrogens is 1. The number of nitrogens with zero attached hydrogens (tertiary/aromatic N) is 2. The van der Waals surface area contributed by atoms with Gasteiger partial charge in [-0.25, -0.2) is 4.98 Å². The van der Waals surface area contributed by atoms with Crippen molar-refractivity contribution in [3.05, 3.63) is 45.4 Å². The quantitative estimate of drug-likeness (QED) is 0.838. The van der Waals surface area contributed by atoms with Crippen molar-refractivity contribution >= 4 is 28.9 Å². The largest absolute Gasteiger partial charge is 0.486 e. The molecule has 7 heteroatoms. The van der Waals surface area contributed by atoms with E-state index in [4.69, 9.17) is 21.4 Å². The lowest BCUT2D eigenvalue weighted by Crippen LogP contribution is -2.35. The molecule has 1 N–H and O–H groups in total. The first-order valence-electron chi connectivity index (χ1n) is 6.70. The van der Waals surface area contributed by atoms with Crippen molar-refractivity contribution < 1.29 is 14.6 Å². The van der Waals surface area contributed by atoms with Crippen LogP contribution in [0.15, 0.2) is 29.6 Å². The van der Waals surface area contributed by atoms with Gasteiger partial charge in [-0.15, -0.1) is 11.3 Å². The molecule has 1 aromatic heterocycles. The van der Waals surface area contributed by atoms with Crippen LogP contribution in [0, 0.1) is 0 Å². The number of carbonyl (C=O) groups is 1. The average Bonchev–Trinajstić information content (AvgIpc) is 2.93. The van der Waals surface area contributed by atoms with Gasteiger partial charge in [-0.2, -0.15) is 0 Å². The third-order valence-corrected chi connectivity index (χ3v) is 4.33. The van der Waals surface area contributed by atoms with Crippen LogP contribution in [-0.2, 0) is 17.9 Å². The fourth-order valence-corrected chi connectivity index (χ4v) is 2.57. The molecule has 0 radical (unpaired) electrons. The number of hydrogen-bond acceptors (Lipinski definition) is 5. The maximum absolute atomic E-state index is 10.9. The highest BCUT2D eigenvalue weighted by Gasteiger charge is 2.17. The van der Waals surface area contributed by atoms with Gasteiger partial charge in [-0.05, 0) is 38.2 Å². The van der Waals surface area contributed by atoms with Crippen LogP contribution in [0.3, 0.4) is 0 Å². The van der Waals surface area contributed by atoms with Crippen molar-refractivity contribution in [1.29, 1.82) is 0 Å². The number of ether oxygens (including phenoxy) is 1. The molecule has 1 atom stereocenters. The minimum absolute atomic E-state index is 0.379. The van der Waals surface area contributed by atoms with E-state index in [0.717, 1.165) is 16.5 Å². The summed E-state index contributed by atoms with van der Waals surface area (Å²) in [6.45, 7) is 2.52. The van der Waals surface area contributed by atoms with Gasteiger partial charge in [-0.1, -0.05) is 11.6 Å². The maximum Gasteiger partial charge on any atom is 0.320 e. The fraction of sp³-hybridized carbons (Fsp3) is 0.333. The first-order valence-corrected chi connectivity index (χ1v) is 7.96. The summed E-state index contributed by atoms with van der Waals surface area (Å²) >= 11 is 7.31. The molecule has 1 heterocycles. The lowest BCUT2D eigenvalue weighted by Gasteiger charge is -2.19. The van der Waals surface area contributed by atoms with E-state index in [9.17, 15) is 4.79 Å². The van der Waals surface area contributed by atoms with E-state index < -0.39 is 12.0 Å². The molecular formula is C15H17ClN2O3S. The topological polar surface area (TPSA) is 62.7 Å². The molecular weight excluding hydrogens is 324 g/mol. The molecule has 0 spiro atoms. The molecule has 0 saturated carbocycles. The highest BCUT2D eigenvalue weighted by Crippen LogP contribution is 2.18. The monoisotopic (exact) mass is 340 g/mol. The lowest BCUT2D eigenvalue weighted by molar-refractivity contribution is -0.142. The molecule has 0 amide bonds. The minimum Gasteiger partial charge on any atom is -0.486 e. The molecule has 0 bridgehead atoms. The highest BCUT2D eigenvalue weighted by atomic mass is 35.5. The van der Waals surface area contributed by atoms with Crippen LogP contribution in [0.25, 0.3) is 0 Å². The Kier molecular flexibility index (Phi) is 5.76. The average molecular weight is 341 g/mol. The van der Waals surface area contributed by atoms with Crippen LogP contribution in [0.5, 0.6) is 5.75 Å². The van der Waals surface area contributed by atoms with Crippen molar-refractivity contribution in [2.75, 3.05) is 7.05 Å². The van der Waals surface area contributed by atoms with Crippen molar-refractivity contribution in [3.63, 3.8) is 0 Å². The van der Waals surface area contributed by atoms with Gasteiger partial charge in [0.2, 0.25) is 0 Å². The minimum atomic E-state index is -0.843. The molecule has 0 aliphatic rings. The Morgan fingerprint density at radius 1 is 1.45 bits per heavy atom. The van der Waals surface area contributed by atoms with Gasteiger partial charge >= 0.3 is 5.97 Å². The molecule has 0 aliphatic heterocycles. The molecule has 0 aliphatic carbocycles. The van der Waals surface area contributed by atoms with Crippen LogP contribution in [-0.4, -0.2) is 34.0 Å². The predicted molar refractivity (Wildman–Crippen MR) is 86.5 cm³/mol. The number of thiazole rings is 1. The zero-order valence-electron chi connectivity index (χ0n) is 12.3. The number of likely N-dealkylation sites (N-methyl/N-ethyl adjacent to an activating group) is 1. The Morgan fingerprint density at radius 2 is 2.14 bits per heavy atom. The first-order chi connectivity index (χ1) is 10.5. The summed E-state index contributed by atoms with van der Waals surface area (Å²) in [4.78, 5) is 17.1. The second-order valence-corrected chi connectivity index (χ2v) is 6.28. The van der Waals surface area contributed by atoms with Gasteiger partial charge in [0, 0.05) is 16.9 Å². The summed E-state index contributed by atoms with van der Waals surface area (Å²) in [5.41, 5.74) is 0.843. The fourth-order valence-electron chi connectivity index (χ4n) is 1.74. The molecule has 2 rings (SSSR count). The number of aliphatic carboxylic acids is 1. The van der Waals surface area contributed by atoms with E-state index in [1.54, 1.807) is 43.1 Å². The van der Waals surface area contributed by atoms with Gasteiger partial charge in [0.05, 0.1) is 5.69 Å². The van der Waals surface area contributed by atoms with Gasteiger partial charge in [-0.3, -0.25) is 9.69 Å². The summed E-state index contributed by atoms with van der Waals surface area (Å²) in [6, 6.07) is 6.60. The number of rotatable bonds is 7. The third-order valence-electron chi connectivity index (χ3n) is 3.21. The second kappa shape index (κ2) is 7.58. The normalized spacial score (nSPS) is 12.4. The Bertz CT molecular complexity index is 630. The first kappa shape index (κ1) is 16.7. The summed E-state index contributed by atoms with van der Waals surface area (Å²) in [6.07, 6.45) is 0. The Labute approximate surface area is 138 Å². The molecule has 2 aromatic rings. The van der Waals surface area contributed by atoms with Crippen molar-refractivity contribution in [2.24, 2.45) is 0 Å². The Balaban J connectivity index is 1.88. The number of halogens is 1. The molecule has 22 heavy (non-hydrogen) atoms. The molecule has 118 valence electrons. The van der Waals surface area contributed by atoms with Crippen LogP contribution < -0.4 is 4.74 Å². The molecule has 0 saturated heterocycles. The van der Waals surface area contributed by atoms with Crippen molar-refractivity contribution in [1.82, 2.24) is 9.88 Å². The summed E-state index contributed by atoms with van der Waals surface area (Å²) in [7, 11) is 1.77. The zero-order chi connectivity index (χ0) is 16.1. The van der Waals surface area contributed by atoms with E-state index in [-0.39, 0.29) is 0 Å². The smallest absolute Gasteiger partial charge is 0.320 e. The van der Waals surface area contributed by atoms with Crippen molar-refractivity contribution in [3.8, 4) is 5.75 Å². The van der Waals surface area contributed by atoms with E-state index in [0.29, 0.717) is 18.2 Å². The van der Waals surface area contributed by atoms with Gasteiger partial charge in [0.1, 0.15) is 23.4 Å². The molecule has 5 nitrogen and oxygen atoms in total. The number of benzene rings is 1. The van der Waals surface area contributed by atoms with Crippen LogP contribution in [0.1, 0.15) is 17.6 Å². The Morgan fingerprint density at radius 3 is 2.77 bits per heavy atom. The summed E-state index contributed by atoms with van der Waals surface area (Å²) in [5, 5.41) is 12.4. The predicted octanol–water partition coefficient (Wildman–Crippen LogP) is 3.28. The molecule has 1 unspecified atom stereocenters. The SMILES string of the molecule is CC(C(=O)O)N(C)Cc1csc(COc2ccc(Cl)cc2)n1. The summed E-state index contributed by atoms with van der Waals surface area (Å²) in [5.74, 6) is -0.109.